The quantitative estimate of drug-likeness (QED) is 0.487. The number of aromatic nitrogens is 2. The predicted molar refractivity (Wildman–Crippen MR) is 108 cm³/mol. The number of rotatable bonds is 6. The Labute approximate surface area is 168 Å². The molecule has 3 aromatic rings. The van der Waals surface area contributed by atoms with Gasteiger partial charge in [-0.3, -0.25) is 9.59 Å². The molecule has 1 aromatic heterocycles. The minimum absolute atomic E-state index is 0.0289. The lowest BCUT2D eigenvalue weighted by Gasteiger charge is -2.10. The molecule has 28 heavy (non-hydrogen) atoms. The van der Waals surface area contributed by atoms with Crippen molar-refractivity contribution in [2.75, 3.05) is 23.0 Å². The second kappa shape index (κ2) is 7.69. The van der Waals surface area contributed by atoms with Crippen LogP contribution in [0.3, 0.4) is 0 Å². The van der Waals surface area contributed by atoms with E-state index in [0.29, 0.717) is 27.1 Å². The highest BCUT2D eigenvalue weighted by molar-refractivity contribution is 8.01. The summed E-state index contributed by atoms with van der Waals surface area (Å²) in [6.07, 6.45) is 0.325. The van der Waals surface area contributed by atoms with Crippen molar-refractivity contribution in [1.29, 1.82) is 0 Å². The summed E-state index contributed by atoms with van der Waals surface area (Å²) < 4.78 is 13.9. The maximum absolute atomic E-state index is 13.2. The highest BCUT2D eigenvalue weighted by atomic mass is 32.2. The first kappa shape index (κ1) is 18.6. The summed E-state index contributed by atoms with van der Waals surface area (Å²) in [5.41, 5.74) is 2.89. The second-order valence-electron chi connectivity index (χ2n) is 6.19. The number of carbonyl (C=O) groups is 2. The van der Waals surface area contributed by atoms with Gasteiger partial charge in [0.25, 0.3) is 0 Å². The van der Waals surface area contributed by atoms with Crippen LogP contribution in [0.25, 0.3) is 0 Å². The topological polar surface area (TPSA) is 75.2 Å². The minimum Gasteiger partial charge on any atom is -0.330 e. The summed E-state index contributed by atoms with van der Waals surface area (Å²) >= 11 is 2.59. The number of hydrogen-bond donors (Lipinski definition) is 1. The predicted octanol–water partition coefficient (Wildman–Crippen LogP) is 3.91. The molecule has 1 N–H and O–H groups in total. The van der Waals surface area contributed by atoms with Crippen molar-refractivity contribution in [1.82, 2.24) is 10.2 Å². The smallest absolute Gasteiger partial charge is 0.231 e. The van der Waals surface area contributed by atoms with Crippen LogP contribution in [0.4, 0.5) is 20.9 Å². The molecule has 0 aliphatic carbocycles. The van der Waals surface area contributed by atoms with Crippen LogP contribution in [-0.4, -0.2) is 34.7 Å². The Balaban J connectivity index is 1.37. The number of carbonyl (C=O) groups excluding carboxylic acids is 2. The first-order valence-corrected chi connectivity index (χ1v) is 10.2. The normalized spacial score (nSPS) is 12.9. The summed E-state index contributed by atoms with van der Waals surface area (Å²) in [5.74, 6) is -0.125. The van der Waals surface area contributed by atoms with Crippen molar-refractivity contribution < 1.29 is 14.0 Å². The molecule has 0 fully saturated rings. The van der Waals surface area contributed by atoms with Crippen LogP contribution in [0.15, 0.2) is 46.8 Å². The van der Waals surface area contributed by atoms with E-state index in [4.69, 9.17) is 0 Å². The Morgan fingerprint density at radius 1 is 1.29 bits per heavy atom. The van der Waals surface area contributed by atoms with Gasteiger partial charge in [0.2, 0.25) is 11.0 Å². The van der Waals surface area contributed by atoms with Gasteiger partial charge in [-0.25, -0.2) is 4.39 Å². The summed E-state index contributed by atoms with van der Waals surface area (Å²) in [6, 6.07) is 11.4. The summed E-state index contributed by atoms with van der Waals surface area (Å²) in [5, 5.41) is 11.6. The molecule has 0 saturated heterocycles. The van der Waals surface area contributed by atoms with Crippen LogP contribution in [-0.2, 0) is 11.2 Å². The lowest BCUT2D eigenvalue weighted by molar-refractivity contribution is -0.117. The Bertz CT molecular complexity index is 1070. The molecule has 1 amide bonds. The number of hydrogen-bond acceptors (Lipinski definition) is 7. The van der Waals surface area contributed by atoms with Crippen LogP contribution in [0, 0.1) is 5.82 Å². The number of benzene rings is 2. The molecular weight excluding hydrogens is 399 g/mol. The van der Waals surface area contributed by atoms with E-state index in [1.807, 2.05) is 6.07 Å². The molecule has 142 valence electrons. The van der Waals surface area contributed by atoms with Gasteiger partial charge in [-0.2, -0.15) is 0 Å². The van der Waals surface area contributed by atoms with Gasteiger partial charge in [0, 0.05) is 24.0 Å². The zero-order valence-corrected chi connectivity index (χ0v) is 16.4. The van der Waals surface area contributed by atoms with Gasteiger partial charge in [-0.05, 0) is 42.0 Å². The highest BCUT2D eigenvalue weighted by Gasteiger charge is 2.24. The standard InChI is InChI=1S/C19H15FN4O2S2/c1-24-15-6-5-11(7-12(15)8-17(24)26)16(25)10-27-19-23-22-18(28-19)21-14-4-2-3-13(20)9-14/h2-7,9H,8,10H2,1H3,(H,21,22). The largest absolute Gasteiger partial charge is 0.330 e. The lowest BCUT2D eigenvalue weighted by atomic mass is 10.1. The Kier molecular flexibility index (Phi) is 5.10. The Hall–Kier alpha value is -2.78. The number of anilines is 3. The van der Waals surface area contributed by atoms with Crippen molar-refractivity contribution in [3.05, 3.63) is 59.4 Å². The number of nitrogens with zero attached hydrogens (tertiary/aromatic N) is 3. The van der Waals surface area contributed by atoms with Gasteiger partial charge in [-0.15, -0.1) is 10.2 Å². The van der Waals surface area contributed by atoms with Crippen LogP contribution in [0.2, 0.25) is 0 Å². The van der Waals surface area contributed by atoms with Gasteiger partial charge in [-0.1, -0.05) is 29.2 Å². The zero-order valence-electron chi connectivity index (χ0n) is 14.8. The monoisotopic (exact) mass is 414 g/mol. The first-order chi connectivity index (χ1) is 13.5. The number of ketones is 1. The van der Waals surface area contributed by atoms with Crippen molar-refractivity contribution in [3.8, 4) is 0 Å². The van der Waals surface area contributed by atoms with Gasteiger partial charge >= 0.3 is 0 Å². The van der Waals surface area contributed by atoms with Crippen molar-refractivity contribution in [2.24, 2.45) is 0 Å². The number of halogens is 1. The fraction of sp³-hybridized carbons (Fsp3) is 0.158. The van der Waals surface area contributed by atoms with Crippen molar-refractivity contribution in [3.63, 3.8) is 0 Å². The van der Waals surface area contributed by atoms with E-state index in [9.17, 15) is 14.0 Å². The maximum Gasteiger partial charge on any atom is 0.231 e. The van der Waals surface area contributed by atoms with E-state index in [0.717, 1.165) is 11.3 Å². The number of Topliss-reactive ketones (excluding diaryl/α,β-unsaturated/α-hetero) is 1. The molecule has 0 radical (unpaired) electrons. The molecule has 0 saturated carbocycles. The summed E-state index contributed by atoms with van der Waals surface area (Å²) in [6.45, 7) is 0. The summed E-state index contributed by atoms with van der Waals surface area (Å²) in [7, 11) is 1.73. The first-order valence-electron chi connectivity index (χ1n) is 8.41. The zero-order chi connectivity index (χ0) is 19.7. The second-order valence-corrected chi connectivity index (χ2v) is 8.39. The SMILES string of the molecule is CN1C(=O)Cc2cc(C(=O)CSc3nnc(Nc4cccc(F)c4)s3)ccc21. The minimum atomic E-state index is -0.336. The molecule has 2 aromatic carbocycles. The van der Waals surface area contributed by atoms with E-state index >= 15 is 0 Å². The maximum atomic E-state index is 13.2. The van der Waals surface area contributed by atoms with Gasteiger partial charge in [0.1, 0.15) is 5.82 Å². The molecular formula is C19H15FN4O2S2. The molecule has 0 unspecified atom stereocenters. The van der Waals surface area contributed by atoms with Gasteiger partial charge in [0.05, 0.1) is 12.2 Å². The molecule has 0 atom stereocenters. The molecule has 2 heterocycles. The molecule has 0 spiro atoms. The number of likely N-dealkylation sites (N-methyl/N-ethyl adjacent to an activating group) is 1. The Morgan fingerprint density at radius 2 is 2.14 bits per heavy atom. The molecule has 0 bridgehead atoms. The van der Waals surface area contributed by atoms with Gasteiger partial charge in [0.15, 0.2) is 10.1 Å². The Morgan fingerprint density at radius 3 is 2.96 bits per heavy atom. The van der Waals surface area contributed by atoms with Crippen LogP contribution < -0.4 is 10.2 Å². The molecule has 6 nitrogen and oxygen atoms in total. The third kappa shape index (κ3) is 3.90. The number of amides is 1. The van der Waals surface area contributed by atoms with Gasteiger partial charge < -0.3 is 10.2 Å². The molecule has 9 heteroatoms. The highest BCUT2D eigenvalue weighted by Crippen LogP contribution is 2.31. The number of fused-ring (bicyclic) bond motifs is 1. The number of thioether (sulfide) groups is 1. The van der Waals surface area contributed by atoms with Crippen molar-refractivity contribution in [2.45, 2.75) is 10.8 Å². The average molecular weight is 414 g/mol. The molecule has 1 aliphatic heterocycles. The average Bonchev–Trinajstić information content (AvgIpc) is 3.23. The molecule has 1 aliphatic rings. The third-order valence-electron chi connectivity index (χ3n) is 4.29. The van der Waals surface area contributed by atoms with E-state index in [2.05, 4.69) is 15.5 Å². The van der Waals surface area contributed by atoms with E-state index < -0.39 is 0 Å². The van der Waals surface area contributed by atoms with Crippen LogP contribution in [0.5, 0.6) is 0 Å². The van der Waals surface area contributed by atoms with Crippen molar-refractivity contribution >= 4 is 51.3 Å². The van der Waals surface area contributed by atoms with Crippen LogP contribution >= 0.6 is 23.1 Å². The summed E-state index contributed by atoms with van der Waals surface area (Å²) in [4.78, 5) is 25.9. The van der Waals surface area contributed by atoms with E-state index in [-0.39, 0.29) is 23.3 Å². The van der Waals surface area contributed by atoms with E-state index in [1.54, 1.807) is 36.2 Å². The number of nitrogens with one attached hydrogen (secondary N) is 1. The lowest BCUT2D eigenvalue weighted by Crippen LogP contribution is -2.20. The third-order valence-corrected chi connectivity index (χ3v) is 6.26. The fourth-order valence-corrected chi connectivity index (χ4v) is 4.53. The fourth-order valence-electron chi connectivity index (χ4n) is 2.86. The van der Waals surface area contributed by atoms with Crippen LogP contribution in [0.1, 0.15) is 15.9 Å². The molecule has 4 rings (SSSR count). The van der Waals surface area contributed by atoms with E-state index in [1.165, 1.54) is 35.2 Å².